The zero-order valence-electron chi connectivity index (χ0n) is 11.2. The quantitative estimate of drug-likeness (QED) is 0.766. The number of fused-ring (bicyclic) bond motifs is 1. The number of rotatable bonds is 2. The second kappa shape index (κ2) is 4.97. The Bertz CT molecular complexity index is 798. The molecule has 21 heavy (non-hydrogen) atoms. The van der Waals surface area contributed by atoms with Crippen LogP contribution in [0.25, 0.3) is 10.9 Å². The lowest BCUT2D eigenvalue weighted by molar-refractivity contribution is -0.136. The van der Waals surface area contributed by atoms with Crippen molar-refractivity contribution in [3.63, 3.8) is 0 Å². The van der Waals surface area contributed by atoms with Gasteiger partial charge in [-0.15, -0.1) is 5.10 Å². The smallest absolute Gasteiger partial charge is 0.282 e. The Hall–Kier alpha value is -2.77. The highest BCUT2D eigenvalue weighted by atomic mass is 16.5. The molecule has 1 aromatic carbocycles. The van der Waals surface area contributed by atoms with Crippen LogP contribution in [0.4, 0.5) is 0 Å². The first-order valence-electron chi connectivity index (χ1n) is 6.37. The van der Waals surface area contributed by atoms with E-state index in [1.54, 1.807) is 18.2 Å². The molecule has 1 N–H and O–H groups in total. The minimum atomic E-state index is -0.836. The molecule has 0 saturated carbocycles. The van der Waals surface area contributed by atoms with Gasteiger partial charge in [0.2, 0.25) is 5.91 Å². The van der Waals surface area contributed by atoms with Crippen molar-refractivity contribution in [3.05, 3.63) is 28.6 Å². The van der Waals surface area contributed by atoms with E-state index >= 15 is 0 Å². The number of hydrogen-bond donors (Lipinski definition) is 1. The molecule has 2 aromatic rings. The van der Waals surface area contributed by atoms with Gasteiger partial charge in [-0.05, 0) is 18.6 Å². The van der Waals surface area contributed by atoms with E-state index in [-0.39, 0.29) is 24.1 Å². The first-order valence-corrected chi connectivity index (χ1v) is 6.37. The summed E-state index contributed by atoms with van der Waals surface area (Å²) in [5.41, 5.74) is -0.0742. The van der Waals surface area contributed by atoms with Gasteiger partial charge in [-0.25, -0.2) is 0 Å². The number of carbonyl (C=O) groups is 2. The van der Waals surface area contributed by atoms with Crippen LogP contribution in [0.1, 0.15) is 18.9 Å². The van der Waals surface area contributed by atoms with E-state index in [1.165, 1.54) is 7.11 Å². The molecule has 1 fully saturated rings. The number of nitrogens with one attached hydrogen (secondary N) is 1. The Balaban J connectivity index is 2.16. The largest absolute Gasteiger partial charge is 0.496 e. The van der Waals surface area contributed by atoms with Crippen molar-refractivity contribution in [2.45, 2.75) is 18.9 Å². The Kier molecular flexibility index (Phi) is 3.13. The standard InChI is InChI=1S/C13H12N4O4/c1-21-9-4-2-3-7-11(9)13(20)17(16-15-7)8-5-6-10(18)14-12(8)19/h2-4,8H,5-6H2,1H3,(H,14,18,19). The first kappa shape index (κ1) is 13.2. The van der Waals surface area contributed by atoms with Crippen molar-refractivity contribution >= 4 is 22.7 Å². The normalized spacial score (nSPS) is 18.6. The zero-order valence-corrected chi connectivity index (χ0v) is 11.2. The molecular weight excluding hydrogens is 276 g/mol. The molecule has 8 nitrogen and oxygen atoms in total. The second-order valence-corrected chi connectivity index (χ2v) is 4.66. The fraction of sp³-hybridized carbons (Fsp3) is 0.308. The number of imide groups is 1. The van der Waals surface area contributed by atoms with E-state index in [0.717, 1.165) is 4.68 Å². The van der Waals surface area contributed by atoms with Gasteiger partial charge in [0.15, 0.2) is 0 Å². The van der Waals surface area contributed by atoms with E-state index in [9.17, 15) is 14.4 Å². The maximum Gasteiger partial charge on any atom is 0.282 e. The van der Waals surface area contributed by atoms with Gasteiger partial charge >= 0.3 is 0 Å². The molecule has 8 heteroatoms. The number of ether oxygens (including phenoxy) is 1. The zero-order chi connectivity index (χ0) is 15.0. The number of carbonyl (C=O) groups excluding carboxylic acids is 2. The third kappa shape index (κ3) is 2.14. The van der Waals surface area contributed by atoms with Crippen LogP contribution < -0.4 is 15.6 Å². The Labute approximate surface area is 118 Å². The maximum atomic E-state index is 12.6. The summed E-state index contributed by atoms with van der Waals surface area (Å²) in [5.74, 6) is -0.527. The number of methoxy groups -OCH3 is 1. The van der Waals surface area contributed by atoms with Gasteiger partial charge in [0.1, 0.15) is 22.7 Å². The van der Waals surface area contributed by atoms with Crippen molar-refractivity contribution < 1.29 is 14.3 Å². The van der Waals surface area contributed by atoms with Crippen molar-refractivity contribution in [2.75, 3.05) is 7.11 Å². The monoisotopic (exact) mass is 288 g/mol. The first-order chi connectivity index (χ1) is 10.1. The molecule has 0 aliphatic carbocycles. The van der Waals surface area contributed by atoms with Gasteiger partial charge in [-0.3, -0.25) is 19.7 Å². The summed E-state index contributed by atoms with van der Waals surface area (Å²) in [4.78, 5) is 35.6. The summed E-state index contributed by atoms with van der Waals surface area (Å²) in [6.45, 7) is 0. The number of amides is 2. The Morgan fingerprint density at radius 3 is 2.86 bits per heavy atom. The number of aromatic nitrogens is 3. The molecule has 1 saturated heterocycles. The molecule has 0 radical (unpaired) electrons. The molecule has 2 amide bonds. The lowest BCUT2D eigenvalue weighted by atomic mass is 10.1. The SMILES string of the molecule is COc1cccc2nnn(C3CCC(=O)NC3=O)c(=O)c12. The number of piperidine rings is 1. The third-order valence-corrected chi connectivity index (χ3v) is 3.40. The summed E-state index contributed by atoms with van der Waals surface area (Å²) in [6, 6.07) is 4.14. The molecule has 0 spiro atoms. The van der Waals surface area contributed by atoms with Crippen LogP contribution in [-0.4, -0.2) is 33.9 Å². The van der Waals surface area contributed by atoms with E-state index in [4.69, 9.17) is 4.74 Å². The predicted molar refractivity (Wildman–Crippen MR) is 71.8 cm³/mol. The van der Waals surface area contributed by atoms with E-state index in [0.29, 0.717) is 11.3 Å². The van der Waals surface area contributed by atoms with Crippen molar-refractivity contribution in [1.29, 1.82) is 0 Å². The van der Waals surface area contributed by atoms with Crippen LogP contribution in [0, 0.1) is 0 Å². The van der Waals surface area contributed by atoms with Crippen LogP contribution in [0.3, 0.4) is 0 Å². The van der Waals surface area contributed by atoms with Crippen LogP contribution in [-0.2, 0) is 9.59 Å². The molecule has 1 atom stereocenters. The average molecular weight is 288 g/mol. The maximum absolute atomic E-state index is 12.6. The van der Waals surface area contributed by atoms with Gasteiger partial charge in [0.05, 0.1) is 7.11 Å². The van der Waals surface area contributed by atoms with Gasteiger partial charge < -0.3 is 4.74 Å². The molecule has 108 valence electrons. The van der Waals surface area contributed by atoms with Gasteiger partial charge in [-0.2, -0.15) is 4.68 Å². The molecule has 1 aliphatic heterocycles. The fourth-order valence-electron chi connectivity index (χ4n) is 2.36. The highest BCUT2D eigenvalue weighted by Crippen LogP contribution is 2.21. The van der Waals surface area contributed by atoms with Crippen molar-refractivity contribution in [2.24, 2.45) is 0 Å². The van der Waals surface area contributed by atoms with Gasteiger partial charge in [0, 0.05) is 6.42 Å². The molecule has 3 rings (SSSR count). The number of hydrogen-bond acceptors (Lipinski definition) is 6. The highest BCUT2D eigenvalue weighted by Gasteiger charge is 2.30. The fourth-order valence-corrected chi connectivity index (χ4v) is 2.36. The lowest BCUT2D eigenvalue weighted by Gasteiger charge is -2.21. The minimum Gasteiger partial charge on any atom is -0.496 e. The minimum absolute atomic E-state index is 0.161. The number of benzene rings is 1. The van der Waals surface area contributed by atoms with Crippen LogP contribution in [0.2, 0.25) is 0 Å². The topological polar surface area (TPSA) is 103 Å². The summed E-state index contributed by atoms with van der Waals surface area (Å²) in [6.07, 6.45) is 0.383. The van der Waals surface area contributed by atoms with Gasteiger partial charge in [0.25, 0.3) is 11.5 Å². The molecular formula is C13H12N4O4. The average Bonchev–Trinajstić information content (AvgIpc) is 2.48. The molecule has 1 aliphatic rings. The van der Waals surface area contributed by atoms with E-state index in [2.05, 4.69) is 15.6 Å². The summed E-state index contributed by atoms with van der Waals surface area (Å²) >= 11 is 0. The predicted octanol–water partition coefficient (Wildman–Crippen LogP) is -0.222. The Morgan fingerprint density at radius 2 is 2.14 bits per heavy atom. The molecule has 0 bridgehead atoms. The molecule has 2 heterocycles. The summed E-state index contributed by atoms with van der Waals surface area (Å²) < 4.78 is 6.17. The van der Waals surface area contributed by atoms with Crippen LogP contribution in [0.5, 0.6) is 5.75 Å². The van der Waals surface area contributed by atoms with Crippen LogP contribution >= 0.6 is 0 Å². The van der Waals surface area contributed by atoms with Crippen molar-refractivity contribution in [1.82, 2.24) is 20.3 Å². The van der Waals surface area contributed by atoms with Gasteiger partial charge in [-0.1, -0.05) is 11.3 Å². The second-order valence-electron chi connectivity index (χ2n) is 4.66. The number of nitrogens with zero attached hydrogens (tertiary/aromatic N) is 3. The molecule has 1 aromatic heterocycles. The van der Waals surface area contributed by atoms with Crippen molar-refractivity contribution in [3.8, 4) is 5.75 Å². The lowest BCUT2D eigenvalue weighted by Crippen LogP contribution is -2.45. The highest BCUT2D eigenvalue weighted by molar-refractivity contribution is 5.99. The molecule has 1 unspecified atom stereocenters. The van der Waals surface area contributed by atoms with E-state index < -0.39 is 17.5 Å². The Morgan fingerprint density at radius 1 is 1.33 bits per heavy atom. The van der Waals surface area contributed by atoms with E-state index in [1.807, 2.05) is 0 Å². The third-order valence-electron chi connectivity index (χ3n) is 3.40. The van der Waals surface area contributed by atoms with Crippen LogP contribution in [0.15, 0.2) is 23.0 Å². The summed E-state index contributed by atoms with van der Waals surface area (Å²) in [7, 11) is 1.45. The summed E-state index contributed by atoms with van der Waals surface area (Å²) in [5, 5.41) is 10.2.